The third kappa shape index (κ3) is 6.81. The molecule has 134 valence electrons. The highest BCUT2D eigenvalue weighted by molar-refractivity contribution is 7.88. The number of sulfonamides is 1. The summed E-state index contributed by atoms with van der Waals surface area (Å²) in [4.78, 5) is 16.2. The maximum Gasteiger partial charge on any atom is 0.235 e. The van der Waals surface area contributed by atoms with Gasteiger partial charge in [-0.3, -0.25) is 9.78 Å². The Hall–Kier alpha value is -1.96. The molecule has 1 heterocycles. The summed E-state index contributed by atoms with van der Waals surface area (Å²) in [6.07, 6.45) is 3.20. The first-order valence-electron chi connectivity index (χ1n) is 7.71. The molecular weight excluding hydrogens is 362 g/mol. The van der Waals surface area contributed by atoms with Crippen molar-refractivity contribution < 1.29 is 13.2 Å². The molecule has 0 saturated carbocycles. The van der Waals surface area contributed by atoms with Gasteiger partial charge in [-0.2, -0.15) is 4.31 Å². The van der Waals surface area contributed by atoms with Crippen molar-refractivity contribution in [2.75, 3.05) is 19.3 Å². The number of amides is 1. The van der Waals surface area contributed by atoms with E-state index in [9.17, 15) is 13.2 Å². The lowest BCUT2D eigenvalue weighted by Gasteiger charge is -2.19. The van der Waals surface area contributed by atoms with Crippen LogP contribution in [-0.2, 0) is 27.8 Å². The highest BCUT2D eigenvalue weighted by Gasteiger charge is 2.20. The second kappa shape index (κ2) is 8.94. The predicted molar refractivity (Wildman–Crippen MR) is 97.7 cm³/mol. The minimum atomic E-state index is -3.50. The zero-order valence-electron chi connectivity index (χ0n) is 13.9. The molecule has 0 saturated heterocycles. The molecule has 1 aromatic heterocycles. The van der Waals surface area contributed by atoms with E-state index in [0.29, 0.717) is 17.1 Å². The molecule has 0 radical (unpaired) electrons. The van der Waals surface area contributed by atoms with Gasteiger partial charge in [0.05, 0.1) is 25.0 Å². The Morgan fingerprint density at radius 3 is 2.68 bits per heavy atom. The SMILES string of the molecule is CS(=O)(=O)N(CCc1cccc(Cl)c1)CC(=O)NCc1ccccn1. The molecule has 25 heavy (non-hydrogen) atoms. The fourth-order valence-electron chi connectivity index (χ4n) is 2.22. The average Bonchev–Trinajstić information content (AvgIpc) is 2.57. The van der Waals surface area contributed by atoms with Crippen LogP contribution in [-0.4, -0.2) is 43.0 Å². The molecule has 0 aliphatic rings. The van der Waals surface area contributed by atoms with Gasteiger partial charge >= 0.3 is 0 Å². The van der Waals surface area contributed by atoms with Crippen molar-refractivity contribution in [3.05, 3.63) is 64.9 Å². The van der Waals surface area contributed by atoms with Gasteiger partial charge in [0.15, 0.2) is 0 Å². The Kier molecular flexibility index (Phi) is 6.92. The number of nitrogens with zero attached hydrogens (tertiary/aromatic N) is 2. The lowest BCUT2D eigenvalue weighted by atomic mass is 10.1. The zero-order valence-corrected chi connectivity index (χ0v) is 15.4. The lowest BCUT2D eigenvalue weighted by Crippen LogP contribution is -2.41. The van der Waals surface area contributed by atoms with Gasteiger partial charge in [-0.15, -0.1) is 0 Å². The normalized spacial score (nSPS) is 11.5. The van der Waals surface area contributed by atoms with Crippen molar-refractivity contribution in [1.82, 2.24) is 14.6 Å². The first-order chi connectivity index (χ1) is 11.8. The molecule has 0 aliphatic heterocycles. The van der Waals surface area contributed by atoms with Crippen LogP contribution in [0.5, 0.6) is 0 Å². The highest BCUT2D eigenvalue weighted by atomic mass is 35.5. The third-order valence-electron chi connectivity index (χ3n) is 3.52. The summed E-state index contributed by atoms with van der Waals surface area (Å²) in [5.74, 6) is -0.373. The topological polar surface area (TPSA) is 79.4 Å². The average molecular weight is 382 g/mol. The van der Waals surface area contributed by atoms with E-state index >= 15 is 0 Å². The van der Waals surface area contributed by atoms with E-state index in [4.69, 9.17) is 11.6 Å². The number of hydrogen-bond donors (Lipinski definition) is 1. The molecule has 1 N–H and O–H groups in total. The van der Waals surface area contributed by atoms with Gasteiger partial charge in [-0.1, -0.05) is 29.8 Å². The summed E-state index contributed by atoms with van der Waals surface area (Å²) in [5, 5.41) is 3.27. The van der Waals surface area contributed by atoms with Gasteiger partial charge in [-0.05, 0) is 36.2 Å². The molecule has 0 spiro atoms. The van der Waals surface area contributed by atoms with Crippen LogP contribution in [0.3, 0.4) is 0 Å². The summed E-state index contributed by atoms with van der Waals surface area (Å²) in [7, 11) is -3.50. The lowest BCUT2D eigenvalue weighted by molar-refractivity contribution is -0.121. The van der Waals surface area contributed by atoms with Crippen LogP contribution in [0.2, 0.25) is 5.02 Å². The van der Waals surface area contributed by atoms with Crippen LogP contribution in [0.25, 0.3) is 0 Å². The highest BCUT2D eigenvalue weighted by Crippen LogP contribution is 2.12. The van der Waals surface area contributed by atoms with Crippen LogP contribution in [0.4, 0.5) is 0 Å². The Morgan fingerprint density at radius 1 is 1.24 bits per heavy atom. The van der Waals surface area contributed by atoms with Crippen LogP contribution in [0, 0.1) is 0 Å². The zero-order chi connectivity index (χ0) is 18.3. The number of halogens is 1. The van der Waals surface area contributed by atoms with Crippen LogP contribution < -0.4 is 5.32 Å². The molecule has 6 nitrogen and oxygen atoms in total. The smallest absolute Gasteiger partial charge is 0.235 e. The molecule has 0 fully saturated rings. The third-order valence-corrected chi connectivity index (χ3v) is 5.01. The Morgan fingerprint density at radius 2 is 2.04 bits per heavy atom. The standard InChI is InChI=1S/C17H20ClN3O3S/c1-25(23,24)21(10-8-14-5-4-6-15(18)11-14)13-17(22)20-12-16-7-2-3-9-19-16/h2-7,9,11H,8,10,12-13H2,1H3,(H,20,22). The van der Waals surface area contributed by atoms with Crippen molar-refractivity contribution in [2.45, 2.75) is 13.0 Å². The molecule has 2 rings (SSSR count). The molecule has 0 unspecified atom stereocenters. The summed E-state index contributed by atoms with van der Waals surface area (Å²) in [6.45, 7) is 0.230. The number of nitrogens with one attached hydrogen (secondary N) is 1. The molecule has 0 aliphatic carbocycles. The minimum Gasteiger partial charge on any atom is -0.349 e. The minimum absolute atomic E-state index is 0.205. The predicted octanol–water partition coefficient (Wildman–Crippen LogP) is 1.86. The van der Waals surface area contributed by atoms with E-state index in [1.807, 2.05) is 18.2 Å². The maximum atomic E-state index is 12.1. The fourth-order valence-corrected chi connectivity index (χ4v) is 3.20. The number of rotatable bonds is 8. The van der Waals surface area contributed by atoms with Crippen molar-refractivity contribution in [2.24, 2.45) is 0 Å². The molecule has 0 bridgehead atoms. The molecule has 0 atom stereocenters. The number of aromatic nitrogens is 1. The molecular formula is C17H20ClN3O3S. The van der Waals surface area contributed by atoms with Gasteiger partial charge in [0.2, 0.25) is 15.9 Å². The summed E-state index contributed by atoms with van der Waals surface area (Å²) >= 11 is 5.93. The monoisotopic (exact) mass is 381 g/mol. The molecule has 2 aromatic rings. The molecule has 1 aromatic carbocycles. The quantitative estimate of drug-likeness (QED) is 0.756. The number of carbonyl (C=O) groups excluding carboxylic acids is 1. The van der Waals surface area contributed by atoms with Gasteiger partial charge in [0.1, 0.15) is 0 Å². The van der Waals surface area contributed by atoms with Crippen molar-refractivity contribution in [3.8, 4) is 0 Å². The van der Waals surface area contributed by atoms with Gasteiger partial charge in [-0.25, -0.2) is 8.42 Å². The second-order valence-corrected chi connectivity index (χ2v) is 7.99. The van der Waals surface area contributed by atoms with E-state index in [1.165, 1.54) is 0 Å². The van der Waals surface area contributed by atoms with Gasteiger partial charge < -0.3 is 5.32 Å². The number of benzene rings is 1. The fraction of sp³-hybridized carbons (Fsp3) is 0.294. The summed E-state index contributed by atoms with van der Waals surface area (Å²) in [6, 6.07) is 12.6. The van der Waals surface area contributed by atoms with E-state index in [0.717, 1.165) is 16.1 Å². The first-order valence-corrected chi connectivity index (χ1v) is 9.93. The van der Waals surface area contributed by atoms with E-state index in [-0.39, 0.29) is 25.5 Å². The first kappa shape index (κ1) is 19.4. The van der Waals surface area contributed by atoms with Crippen LogP contribution >= 0.6 is 11.6 Å². The summed E-state index contributed by atoms with van der Waals surface area (Å²) in [5.41, 5.74) is 1.62. The molecule has 8 heteroatoms. The van der Waals surface area contributed by atoms with E-state index in [2.05, 4.69) is 10.3 Å². The number of carbonyl (C=O) groups is 1. The summed E-state index contributed by atoms with van der Waals surface area (Å²) < 4.78 is 25.0. The Labute approximate surface area is 152 Å². The van der Waals surface area contributed by atoms with Crippen molar-refractivity contribution in [1.29, 1.82) is 0 Å². The number of hydrogen-bond acceptors (Lipinski definition) is 4. The second-order valence-electron chi connectivity index (χ2n) is 5.57. The Bertz CT molecular complexity index is 813. The largest absolute Gasteiger partial charge is 0.349 e. The number of pyridine rings is 1. The van der Waals surface area contributed by atoms with Crippen molar-refractivity contribution >= 4 is 27.5 Å². The van der Waals surface area contributed by atoms with Crippen molar-refractivity contribution in [3.63, 3.8) is 0 Å². The maximum absolute atomic E-state index is 12.1. The van der Waals surface area contributed by atoms with E-state index < -0.39 is 10.0 Å². The molecule has 1 amide bonds. The van der Waals surface area contributed by atoms with Gasteiger partial charge in [0, 0.05) is 17.8 Å². The van der Waals surface area contributed by atoms with E-state index in [1.54, 1.807) is 30.5 Å². The van der Waals surface area contributed by atoms with Crippen LogP contribution in [0.1, 0.15) is 11.3 Å². The van der Waals surface area contributed by atoms with Crippen LogP contribution in [0.15, 0.2) is 48.7 Å². The van der Waals surface area contributed by atoms with Gasteiger partial charge in [0.25, 0.3) is 0 Å². The Balaban J connectivity index is 1.92.